The minimum atomic E-state index is -0.490. The normalized spacial score (nSPS) is 12.0. The summed E-state index contributed by atoms with van der Waals surface area (Å²) in [5, 5.41) is 5.14. The van der Waals surface area contributed by atoms with Crippen molar-refractivity contribution >= 4 is 23.4 Å². The standard InChI is InChI=1S/C16H21N3O4S/c1-4-5-10-22-13-8-6-12(7-9-13)17-14(20)11(2)24-15-16(21)23-18-19(15)3/h6-9,11H,4-5,10H2,1-3H3,(H-,17,18,20,21)/p+1. The van der Waals surface area contributed by atoms with Crippen molar-refractivity contribution in [1.82, 2.24) is 5.27 Å². The van der Waals surface area contributed by atoms with Gasteiger partial charge in [0.1, 0.15) is 5.75 Å². The fourth-order valence-electron chi connectivity index (χ4n) is 1.89. The molecule has 8 heteroatoms. The number of carbonyl (C=O) groups excluding carboxylic acids is 1. The Hall–Kier alpha value is -2.22. The molecule has 0 aliphatic carbocycles. The van der Waals surface area contributed by atoms with Crippen LogP contribution in [0.1, 0.15) is 26.7 Å². The second kappa shape index (κ2) is 8.58. The number of benzene rings is 1. The Morgan fingerprint density at radius 2 is 2.12 bits per heavy atom. The van der Waals surface area contributed by atoms with Crippen LogP contribution in [0.2, 0.25) is 0 Å². The second-order valence-electron chi connectivity index (χ2n) is 5.32. The maximum atomic E-state index is 12.2. The molecule has 130 valence electrons. The Morgan fingerprint density at radius 3 is 2.71 bits per heavy atom. The van der Waals surface area contributed by atoms with Crippen molar-refractivity contribution in [3.05, 3.63) is 34.7 Å². The minimum absolute atomic E-state index is 0.194. The lowest BCUT2D eigenvalue weighted by molar-refractivity contribution is -0.772. The van der Waals surface area contributed by atoms with Gasteiger partial charge in [-0.25, -0.2) is 4.79 Å². The molecule has 1 amide bonds. The van der Waals surface area contributed by atoms with Crippen molar-refractivity contribution in [3.8, 4) is 5.75 Å². The number of aromatic nitrogens is 2. The molecule has 7 nitrogen and oxygen atoms in total. The van der Waals surface area contributed by atoms with Gasteiger partial charge in [0, 0.05) is 5.69 Å². The second-order valence-corrected chi connectivity index (χ2v) is 6.65. The molecule has 1 aromatic heterocycles. The van der Waals surface area contributed by atoms with Crippen molar-refractivity contribution in [3.63, 3.8) is 0 Å². The number of thioether (sulfide) groups is 1. The van der Waals surface area contributed by atoms with Crippen LogP contribution >= 0.6 is 11.8 Å². The van der Waals surface area contributed by atoms with E-state index in [-0.39, 0.29) is 5.91 Å². The summed E-state index contributed by atoms with van der Waals surface area (Å²) in [5.41, 5.74) is 0.191. The van der Waals surface area contributed by atoms with Gasteiger partial charge >= 0.3 is 10.7 Å². The first-order valence-corrected chi connectivity index (χ1v) is 8.67. The highest BCUT2D eigenvalue weighted by atomic mass is 32.2. The predicted molar refractivity (Wildman–Crippen MR) is 91.3 cm³/mol. The van der Waals surface area contributed by atoms with E-state index in [1.54, 1.807) is 26.1 Å². The molecular weight excluding hydrogens is 330 g/mol. The summed E-state index contributed by atoms with van der Waals surface area (Å²) in [4.78, 5) is 23.8. The number of aromatic amines is 1. The molecule has 0 saturated carbocycles. The fourth-order valence-corrected chi connectivity index (χ4v) is 2.73. The van der Waals surface area contributed by atoms with E-state index < -0.39 is 10.9 Å². The molecule has 2 aromatic rings. The first kappa shape index (κ1) is 18.1. The Morgan fingerprint density at radius 1 is 1.42 bits per heavy atom. The van der Waals surface area contributed by atoms with Crippen LogP contribution in [0.5, 0.6) is 5.75 Å². The predicted octanol–water partition coefficient (Wildman–Crippen LogP) is 2.09. The summed E-state index contributed by atoms with van der Waals surface area (Å²) in [6.07, 6.45) is 2.10. The highest BCUT2D eigenvalue weighted by Crippen LogP contribution is 2.20. The van der Waals surface area contributed by atoms with Gasteiger partial charge in [0.2, 0.25) is 5.91 Å². The number of H-pyrrole nitrogens is 1. The monoisotopic (exact) mass is 352 g/mol. The molecule has 0 fully saturated rings. The largest absolute Gasteiger partial charge is 0.494 e. The third-order valence-electron chi connectivity index (χ3n) is 3.30. The number of carbonyl (C=O) groups is 1. The third-order valence-corrected chi connectivity index (χ3v) is 4.53. The number of hydrogen-bond donors (Lipinski definition) is 2. The van der Waals surface area contributed by atoms with E-state index >= 15 is 0 Å². The van der Waals surface area contributed by atoms with Gasteiger partial charge < -0.3 is 10.1 Å². The van der Waals surface area contributed by atoms with Gasteiger partial charge in [-0.05, 0) is 54.6 Å². The van der Waals surface area contributed by atoms with Gasteiger partial charge in [-0.2, -0.15) is 0 Å². The molecule has 1 aromatic carbocycles. The molecular formula is C16H22N3O4S+. The lowest BCUT2D eigenvalue weighted by Crippen LogP contribution is -2.35. The quantitative estimate of drug-likeness (QED) is 0.431. The molecule has 0 bridgehead atoms. The van der Waals surface area contributed by atoms with Crippen LogP contribution in [0.3, 0.4) is 0 Å². The van der Waals surface area contributed by atoms with Crippen molar-refractivity contribution in [2.24, 2.45) is 7.05 Å². The van der Waals surface area contributed by atoms with Gasteiger partial charge in [-0.15, -0.1) is 0 Å². The lowest BCUT2D eigenvalue weighted by Gasteiger charge is -2.10. The Bertz CT molecular complexity index is 724. The van der Waals surface area contributed by atoms with Crippen LogP contribution in [0, 0.1) is 0 Å². The minimum Gasteiger partial charge on any atom is -0.494 e. The maximum Gasteiger partial charge on any atom is 0.441 e. The van der Waals surface area contributed by atoms with E-state index in [2.05, 4.69) is 22.0 Å². The van der Waals surface area contributed by atoms with E-state index in [1.807, 2.05) is 12.1 Å². The molecule has 1 unspecified atom stereocenters. The molecule has 2 rings (SSSR count). The number of unbranched alkanes of at least 4 members (excludes halogenated alkanes) is 1. The first-order chi connectivity index (χ1) is 11.5. The summed E-state index contributed by atoms with van der Waals surface area (Å²) in [5.74, 6) is 0.584. The summed E-state index contributed by atoms with van der Waals surface area (Å²) in [6, 6.07) is 7.23. The van der Waals surface area contributed by atoms with Crippen LogP contribution in [0.25, 0.3) is 0 Å². The van der Waals surface area contributed by atoms with Crippen LogP contribution in [-0.2, 0) is 11.8 Å². The van der Waals surface area contributed by atoms with Gasteiger partial charge in [0.25, 0.3) is 0 Å². The van der Waals surface area contributed by atoms with Crippen molar-refractivity contribution in [2.75, 3.05) is 11.9 Å². The number of ether oxygens (including phenoxy) is 1. The molecule has 0 spiro atoms. The van der Waals surface area contributed by atoms with Crippen LogP contribution < -0.4 is 20.4 Å². The molecule has 0 aliphatic rings. The van der Waals surface area contributed by atoms with E-state index in [9.17, 15) is 9.59 Å². The Labute approximate surface area is 144 Å². The lowest BCUT2D eigenvalue weighted by atomic mass is 10.3. The van der Waals surface area contributed by atoms with Crippen molar-refractivity contribution in [1.29, 1.82) is 0 Å². The van der Waals surface area contributed by atoms with Gasteiger partial charge in [-0.1, -0.05) is 18.0 Å². The summed E-state index contributed by atoms with van der Waals surface area (Å²) < 4.78 is 11.7. The highest BCUT2D eigenvalue weighted by molar-refractivity contribution is 8.00. The number of nitrogens with zero attached hydrogens (tertiary/aromatic N) is 1. The van der Waals surface area contributed by atoms with E-state index in [0.717, 1.165) is 30.4 Å². The number of nitrogens with one attached hydrogen (secondary N) is 2. The molecule has 1 atom stereocenters. The number of anilines is 1. The third kappa shape index (κ3) is 4.89. The topological polar surface area (TPSA) is 88.2 Å². The van der Waals surface area contributed by atoms with Gasteiger partial charge in [0.15, 0.2) is 7.05 Å². The zero-order valence-corrected chi connectivity index (χ0v) is 14.8. The first-order valence-electron chi connectivity index (χ1n) is 7.79. The van der Waals surface area contributed by atoms with Crippen LogP contribution in [0.15, 0.2) is 38.6 Å². The van der Waals surface area contributed by atoms with Crippen LogP contribution in [0.4, 0.5) is 5.69 Å². The highest BCUT2D eigenvalue weighted by Gasteiger charge is 2.25. The smallest absolute Gasteiger partial charge is 0.441 e. The molecule has 2 N–H and O–H groups in total. The molecule has 0 saturated heterocycles. The SMILES string of the molecule is CCCCOc1ccc(NC(=O)C(C)Sc2c(=O)o[nH][n+]2C)cc1. The zero-order chi connectivity index (χ0) is 17.5. The Kier molecular flexibility index (Phi) is 6.48. The molecule has 0 radical (unpaired) electrons. The van der Waals surface area contributed by atoms with Crippen molar-refractivity contribution < 1.29 is 18.7 Å². The number of amides is 1. The number of aryl methyl sites for hydroxylation is 1. The van der Waals surface area contributed by atoms with E-state index in [4.69, 9.17) is 4.74 Å². The van der Waals surface area contributed by atoms with Crippen molar-refractivity contribution in [2.45, 2.75) is 37.0 Å². The average molecular weight is 352 g/mol. The van der Waals surface area contributed by atoms with E-state index in [1.165, 1.54) is 4.68 Å². The summed E-state index contributed by atoms with van der Waals surface area (Å²) in [7, 11) is 1.65. The van der Waals surface area contributed by atoms with E-state index in [0.29, 0.717) is 17.3 Å². The number of rotatable bonds is 8. The maximum absolute atomic E-state index is 12.2. The summed E-state index contributed by atoms with van der Waals surface area (Å²) in [6.45, 7) is 4.53. The van der Waals surface area contributed by atoms with Gasteiger partial charge in [-0.3, -0.25) is 9.32 Å². The zero-order valence-electron chi connectivity index (χ0n) is 14.0. The summed E-state index contributed by atoms with van der Waals surface area (Å²) >= 11 is 1.14. The molecule has 1 heterocycles. The van der Waals surface area contributed by atoms with Gasteiger partial charge in [0.05, 0.1) is 11.9 Å². The van der Waals surface area contributed by atoms with Crippen LogP contribution in [-0.4, -0.2) is 23.0 Å². The molecule has 0 aliphatic heterocycles. The Balaban J connectivity index is 1.90. The molecule has 24 heavy (non-hydrogen) atoms. The number of hydrogen-bond acceptors (Lipinski definition) is 5. The fraction of sp³-hybridized carbons (Fsp3) is 0.438. The average Bonchev–Trinajstić information content (AvgIpc) is 2.88.